The van der Waals surface area contributed by atoms with E-state index in [4.69, 9.17) is 4.84 Å². The zero-order valence-corrected chi connectivity index (χ0v) is 9.79. The van der Waals surface area contributed by atoms with E-state index in [1.54, 1.807) is 11.1 Å². The van der Waals surface area contributed by atoms with Crippen molar-refractivity contribution in [3.8, 4) is 0 Å². The van der Waals surface area contributed by atoms with Gasteiger partial charge in [0.15, 0.2) is 0 Å². The van der Waals surface area contributed by atoms with Crippen LogP contribution in [0.15, 0.2) is 18.2 Å². The maximum Gasteiger partial charge on any atom is 0.149 e. The summed E-state index contributed by atoms with van der Waals surface area (Å²) < 4.78 is 14.0. The molecule has 0 saturated carbocycles. The molecule has 2 heterocycles. The Morgan fingerprint density at radius 2 is 2.29 bits per heavy atom. The van der Waals surface area contributed by atoms with E-state index in [9.17, 15) is 4.39 Å². The van der Waals surface area contributed by atoms with Crippen molar-refractivity contribution in [1.29, 1.82) is 0 Å². The number of fused-ring (bicyclic) bond motifs is 1. The van der Waals surface area contributed by atoms with Gasteiger partial charge in [-0.15, -0.1) is 0 Å². The fourth-order valence-corrected chi connectivity index (χ4v) is 2.61. The molecule has 1 aromatic carbocycles. The maximum absolute atomic E-state index is 14.0. The zero-order valence-electron chi connectivity index (χ0n) is 9.79. The van der Waals surface area contributed by atoms with Gasteiger partial charge in [0.25, 0.3) is 0 Å². The quantitative estimate of drug-likeness (QED) is 0.809. The summed E-state index contributed by atoms with van der Waals surface area (Å²) in [7, 11) is 0. The number of nitrogens with zero attached hydrogens (tertiary/aromatic N) is 1. The van der Waals surface area contributed by atoms with Gasteiger partial charge in [0.1, 0.15) is 17.7 Å². The highest BCUT2D eigenvalue weighted by Crippen LogP contribution is 2.31. The molecule has 1 aromatic rings. The predicted molar refractivity (Wildman–Crippen MR) is 64.2 cm³/mol. The highest BCUT2D eigenvalue weighted by atomic mass is 19.1. The van der Waals surface area contributed by atoms with E-state index < -0.39 is 0 Å². The van der Waals surface area contributed by atoms with E-state index in [0.29, 0.717) is 12.3 Å². The number of hydrogen-bond donors (Lipinski definition) is 1. The Morgan fingerprint density at radius 1 is 1.35 bits per heavy atom. The van der Waals surface area contributed by atoms with Gasteiger partial charge >= 0.3 is 0 Å². The molecule has 1 N–H and O–H groups in total. The van der Waals surface area contributed by atoms with Crippen LogP contribution in [0.4, 0.5) is 10.1 Å². The van der Waals surface area contributed by atoms with Gasteiger partial charge in [-0.25, -0.2) is 9.45 Å². The van der Waals surface area contributed by atoms with Crippen LogP contribution in [0, 0.1) is 5.82 Å². The molecule has 17 heavy (non-hydrogen) atoms. The van der Waals surface area contributed by atoms with Crippen molar-refractivity contribution < 1.29 is 9.23 Å². The molecule has 0 radical (unpaired) electrons. The topological polar surface area (TPSA) is 24.5 Å². The average Bonchev–Trinajstić information content (AvgIpc) is 2.76. The van der Waals surface area contributed by atoms with Gasteiger partial charge in [-0.3, -0.25) is 10.2 Å². The minimum atomic E-state index is -0.182. The molecule has 0 aliphatic carbocycles. The van der Waals surface area contributed by atoms with Crippen molar-refractivity contribution in [2.75, 3.05) is 18.2 Å². The Hall–Kier alpha value is -1.13. The summed E-state index contributed by atoms with van der Waals surface area (Å²) in [4.78, 5) is 5.72. The van der Waals surface area contributed by atoms with E-state index in [1.807, 2.05) is 6.07 Å². The van der Waals surface area contributed by atoms with Crippen LogP contribution in [0.2, 0.25) is 0 Å². The van der Waals surface area contributed by atoms with Gasteiger partial charge in [-0.1, -0.05) is 12.1 Å². The van der Waals surface area contributed by atoms with Gasteiger partial charge in [0.05, 0.1) is 6.61 Å². The molecular weight excluding hydrogens is 219 g/mol. The van der Waals surface area contributed by atoms with Gasteiger partial charge < -0.3 is 0 Å². The van der Waals surface area contributed by atoms with Crippen LogP contribution in [0.25, 0.3) is 0 Å². The molecule has 1 saturated heterocycles. The molecule has 4 heteroatoms. The lowest BCUT2D eigenvalue weighted by molar-refractivity contribution is 0.0837. The van der Waals surface area contributed by atoms with Crippen LogP contribution < -0.4 is 10.4 Å². The van der Waals surface area contributed by atoms with E-state index in [2.05, 4.69) is 5.32 Å². The molecule has 1 fully saturated rings. The molecule has 0 aromatic heterocycles. The summed E-state index contributed by atoms with van der Waals surface area (Å²) in [6.07, 6.45) is 4.07. The molecule has 2 aliphatic rings. The van der Waals surface area contributed by atoms with Crippen molar-refractivity contribution in [3.05, 3.63) is 29.6 Å². The largest absolute Gasteiger partial charge is 0.295 e. The summed E-state index contributed by atoms with van der Waals surface area (Å²) in [5.74, 6) is -0.182. The number of hydrogen-bond acceptors (Lipinski definition) is 3. The highest BCUT2D eigenvalue weighted by Gasteiger charge is 2.28. The molecule has 0 bridgehead atoms. The summed E-state index contributed by atoms with van der Waals surface area (Å²) in [6.45, 7) is 1.64. The Labute approximate surface area is 101 Å². The monoisotopic (exact) mass is 236 g/mol. The smallest absolute Gasteiger partial charge is 0.149 e. The van der Waals surface area contributed by atoms with Crippen LogP contribution in [0.1, 0.15) is 24.8 Å². The minimum absolute atomic E-state index is 0.115. The number of rotatable bonds is 1. The Balaban J connectivity index is 1.99. The lowest BCUT2D eigenvalue weighted by atomic mass is 10.1. The van der Waals surface area contributed by atoms with Crippen molar-refractivity contribution in [3.63, 3.8) is 0 Å². The van der Waals surface area contributed by atoms with Gasteiger partial charge in [-0.05, 0) is 43.9 Å². The first kappa shape index (κ1) is 11.0. The van der Waals surface area contributed by atoms with Gasteiger partial charge in [-0.2, -0.15) is 0 Å². The SMILES string of the molecule is Fc1cccc2c1N([C@H]1CCCN1)OCCC2. The summed E-state index contributed by atoms with van der Waals surface area (Å²) in [5.41, 5.74) is 1.68. The van der Waals surface area contributed by atoms with Crippen molar-refractivity contribution >= 4 is 5.69 Å². The number of benzene rings is 1. The Bertz CT molecular complexity index is 404. The molecule has 3 rings (SSSR count). The average molecular weight is 236 g/mol. The fraction of sp³-hybridized carbons (Fsp3) is 0.538. The lowest BCUT2D eigenvalue weighted by Gasteiger charge is -2.29. The molecule has 0 unspecified atom stereocenters. The normalized spacial score (nSPS) is 24.5. The molecule has 0 amide bonds. The van der Waals surface area contributed by atoms with Gasteiger partial charge in [0, 0.05) is 0 Å². The minimum Gasteiger partial charge on any atom is -0.295 e. The lowest BCUT2D eigenvalue weighted by Crippen LogP contribution is -2.42. The van der Waals surface area contributed by atoms with E-state index in [0.717, 1.165) is 37.8 Å². The van der Waals surface area contributed by atoms with Gasteiger partial charge in [0.2, 0.25) is 0 Å². The molecular formula is C13H17FN2O. The van der Waals surface area contributed by atoms with E-state index in [-0.39, 0.29) is 12.0 Å². The number of nitrogens with one attached hydrogen (secondary N) is 1. The van der Waals surface area contributed by atoms with Crippen LogP contribution >= 0.6 is 0 Å². The number of anilines is 1. The second kappa shape index (κ2) is 4.63. The molecule has 1 atom stereocenters. The standard InChI is InChI=1S/C13H17FN2O/c14-11-6-1-4-10-5-3-9-17-16(13(10)11)12-7-2-8-15-12/h1,4,6,12,15H,2-3,5,7-9H2/t12-/m0/s1. The van der Waals surface area contributed by atoms with Crippen molar-refractivity contribution in [1.82, 2.24) is 5.32 Å². The maximum atomic E-state index is 14.0. The molecule has 3 nitrogen and oxygen atoms in total. The second-order valence-corrected chi connectivity index (χ2v) is 4.62. The first-order valence-electron chi connectivity index (χ1n) is 6.29. The van der Waals surface area contributed by atoms with E-state index in [1.165, 1.54) is 6.07 Å². The summed E-state index contributed by atoms with van der Waals surface area (Å²) in [5, 5.41) is 5.11. The third kappa shape index (κ3) is 2.03. The highest BCUT2D eigenvalue weighted by molar-refractivity contribution is 5.54. The van der Waals surface area contributed by atoms with Crippen LogP contribution in [0.3, 0.4) is 0 Å². The molecule has 0 spiro atoms. The molecule has 92 valence electrons. The second-order valence-electron chi connectivity index (χ2n) is 4.62. The first-order chi connectivity index (χ1) is 8.36. The van der Waals surface area contributed by atoms with Crippen LogP contribution in [-0.2, 0) is 11.3 Å². The van der Waals surface area contributed by atoms with Crippen molar-refractivity contribution in [2.24, 2.45) is 0 Å². The number of aryl methyl sites for hydroxylation is 1. The Kier molecular flexibility index (Phi) is 2.99. The third-order valence-electron chi connectivity index (χ3n) is 3.43. The van der Waals surface area contributed by atoms with Crippen LogP contribution in [0.5, 0.6) is 0 Å². The predicted octanol–water partition coefficient (Wildman–Crippen LogP) is 2.22. The zero-order chi connectivity index (χ0) is 11.7. The third-order valence-corrected chi connectivity index (χ3v) is 3.43. The summed E-state index contributed by atoms with van der Waals surface area (Å²) in [6, 6.07) is 5.28. The number of halogens is 1. The molecule has 2 aliphatic heterocycles. The Morgan fingerprint density at radius 3 is 3.12 bits per heavy atom. The number of para-hydroxylation sites is 1. The first-order valence-corrected chi connectivity index (χ1v) is 6.29. The van der Waals surface area contributed by atoms with Crippen LogP contribution in [-0.4, -0.2) is 19.3 Å². The fourth-order valence-electron chi connectivity index (χ4n) is 2.61. The van der Waals surface area contributed by atoms with E-state index >= 15 is 0 Å². The van der Waals surface area contributed by atoms with Crippen molar-refractivity contribution in [2.45, 2.75) is 31.8 Å². The summed E-state index contributed by atoms with van der Waals surface area (Å²) >= 11 is 0. The number of hydroxylamine groups is 1.